The van der Waals surface area contributed by atoms with E-state index < -0.39 is 0 Å². The van der Waals surface area contributed by atoms with Crippen LogP contribution < -0.4 is 0 Å². The zero-order valence-electron chi connectivity index (χ0n) is 9.78. The lowest BCUT2D eigenvalue weighted by molar-refractivity contribution is -0.483. The summed E-state index contributed by atoms with van der Waals surface area (Å²) in [6.07, 6.45) is 0.919. The summed E-state index contributed by atoms with van der Waals surface area (Å²) in [6, 6.07) is 13.5. The molecule has 4 heteroatoms. The molecule has 0 saturated heterocycles. The van der Waals surface area contributed by atoms with Gasteiger partial charge in [-0.25, -0.2) is 0 Å². The average molecular weight is 243 g/mol. The molecule has 1 atom stereocenters. The van der Waals surface area contributed by atoms with Crippen molar-refractivity contribution in [1.82, 2.24) is 0 Å². The highest BCUT2D eigenvalue weighted by Crippen LogP contribution is 2.23. The molecule has 0 aromatic heterocycles. The smallest absolute Gasteiger partial charge is 0.211 e. The third kappa shape index (κ3) is 2.71. The highest BCUT2D eigenvalue weighted by molar-refractivity contribution is 5.83. The molecule has 0 spiro atoms. The largest absolute Gasteiger partial charge is 0.303 e. The fraction of sp³-hybridized carbons (Fsp3) is 0.214. The summed E-state index contributed by atoms with van der Waals surface area (Å²) in [5.74, 6) is -0.345. The summed E-state index contributed by atoms with van der Waals surface area (Å²) in [4.78, 5) is 20.9. The van der Waals surface area contributed by atoms with E-state index in [1.807, 2.05) is 42.5 Å². The van der Waals surface area contributed by atoms with Gasteiger partial charge in [-0.2, -0.15) is 0 Å². The zero-order chi connectivity index (χ0) is 13.0. The number of fused-ring (bicyclic) bond motifs is 1. The first-order valence-corrected chi connectivity index (χ1v) is 5.75. The van der Waals surface area contributed by atoms with E-state index in [9.17, 15) is 14.9 Å². The first kappa shape index (κ1) is 12.2. The second-order valence-electron chi connectivity index (χ2n) is 4.22. The summed E-state index contributed by atoms with van der Waals surface area (Å²) in [5.41, 5.74) is 0.845. The Morgan fingerprint density at radius 1 is 1.17 bits per heavy atom. The second-order valence-corrected chi connectivity index (χ2v) is 4.22. The minimum Gasteiger partial charge on any atom is -0.303 e. The van der Waals surface area contributed by atoms with Gasteiger partial charge in [-0.15, -0.1) is 0 Å². The topological polar surface area (TPSA) is 60.2 Å². The van der Waals surface area contributed by atoms with Crippen molar-refractivity contribution in [1.29, 1.82) is 0 Å². The molecule has 0 aliphatic rings. The van der Waals surface area contributed by atoms with Crippen LogP contribution in [-0.2, 0) is 4.79 Å². The molecule has 0 aliphatic heterocycles. The SMILES string of the molecule is O=CC[C@H](C[N+](=O)[O-])c1ccc2ccccc2c1. The molecule has 2 rings (SSSR count). The Labute approximate surface area is 104 Å². The molecule has 0 fully saturated rings. The van der Waals surface area contributed by atoms with Gasteiger partial charge in [-0.05, 0) is 16.3 Å². The summed E-state index contributed by atoms with van der Waals surface area (Å²) in [7, 11) is 0. The van der Waals surface area contributed by atoms with Gasteiger partial charge >= 0.3 is 0 Å². The van der Waals surface area contributed by atoms with Crippen molar-refractivity contribution >= 4 is 17.1 Å². The van der Waals surface area contributed by atoms with E-state index in [4.69, 9.17) is 0 Å². The lowest BCUT2D eigenvalue weighted by atomic mass is 9.94. The average Bonchev–Trinajstić information content (AvgIpc) is 2.37. The molecule has 0 heterocycles. The third-order valence-corrected chi connectivity index (χ3v) is 3.00. The summed E-state index contributed by atoms with van der Waals surface area (Å²) >= 11 is 0. The number of nitrogens with zero attached hydrogens (tertiary/aromatic N) is 1. The normalized spacial score (nSPS) is 12.2. The minimum absolute atomic E-state index is 0.180. The zero-order valence-corrected chi connectivity index (χ0v) is 9.78. The van der Waals surface area contributed by atoms with Crippen LogP contribution in [0.15, 0.2) is 42.5 Å². The van der Waals surface area contributed by atoms with E-state index in [1.54, 1.807) is 0 Å². The maximum Gasteiger partial charge on any atom is 0.211 e. The highest BCUT2D eigenvalue weighted by Gasteiger charge is 2.17. The maximum atomic E-state index is 10.6. The molecule has 0 aliphatic carbocycles. The number of carbonyl (C=O) groups is 1. The Morgan fingerprint density at radius 2 is 1.89 bits per heavy atom. The van der Waals surface area contributed by atoms with E-state index >= 15 is 0 Å². The van der Waals surface area contributed by atoms with Crippen molar-refractivity contribution in [2.75, 3.05) is 6.54 Å². The van der Waals surface area contributed by atoms with Crippen LogP contribution in [-0.4, -0.2) is 17.8 Å². The summed E-state index contributed by atoms with van der Waals surface area (Å²) in [5, 5.41) is 12.7. The van der Waals surface area contributed by atoms with Gasteiger partial charge in [0.05, 0.1) is 5.92 Å². The maximum absolute atomic E-state index is 10.6. The van der Waals surface area contributed by atoms with Crippen LogP contribution >= 0.6 is 0 Å². The summed E-state index contributed by atoms with van der Waals surface area (Å²) in [6.45, 7) is -0.211. The molecule has 0 bridgehead atoms. The third-order valence-electron chi connectivity index (χ3n) is 3.00. The highest BCUT2D eigenvalue weighted by atomic mass is 16.6. The first-order chi connectivity index (χ1) is 8.70. The Bertz CT molecular complexity index is 580. The molecular weight excluding hydrogens is 230 g/mol. The molecule has 0 radical (unpaired) electrons. The van der Waals surface area contributed by atoms with Crippen LogP contribution in [0.4, 0.5) is 0 Å². The number of hydrogen-bond donors (Lipinski definition) is 0. The Morgan fingerprint density at radius 3 is 2.56 bits per heavy atom. The van der Waals surface area contributed by atoms with E-state index in [2.05, 4.69) is 0 Å². The van der Waals surface area contributed by atoms with Crippen LogP contribution in [0.3, 0.4) is 0 Å². The second kappa shape index (κ2) is 5.40. The quantitative estimate of drug-likeness (QED) is 0.461. The molecular formula is C14H13NO3. The Balaban J connectivity index is 2.37. The summed E-state index contributed by atoms with van der Waals surface area (Å²) < 4.78 is 0. The van der Waals surface area contributed by atoms with Gasteiger partial charge in [-0.1, -0.05) is 42.5 Å². The van der Waals surface area contributed by atoms with Crippen LogP contribution in [0.2, 0.25) is 0 Å². The molecule has 2 aromatic carbocycles. The van der Waals surface area contributed by atoms with Crippen LogP contribution in [0.5, 0.6) is 0 Å². The molecule has 0 saturated carbocycles. The molecule has 0 amide bonds. The Hall–Kier alpha value is -2.23. The minimum atomic E-state index is -0.372. The van der Waals surface area contributed by atoms with E-state index in [-0.39, 0.29) is 23.8 Å². The van der Waals surface area contributed by atoms with E-state index in [0.29, 0.717) is 0 Å². The van der Waals surface area contributed by atoms with Crippen molar-refractivity contribution in [2.45, 2.75) is 12.3 Å². The lowest BCUT2D eigenvalue weighted by Crippen LogP contribution is -2.13. The van der Waals surface area contributed by atoms with Gasteiger partial charge in [0.25, 0.3) is 0 Å². The van der Waals surface area contributed by atoms with Crippen LogP contribution in [0.25, 0.3) is 10.8 Å². The van der Waals surface area contributed by atoms with Crippen LogP contribution in [0.1, 0.15) is 17.9 Å². The molecule has 92 valence electrons. The Kier molecular flexibility index (Phi) is 3.67. The van der Waals surface area contributed by atoms with Crippen molar-refractivity contribution in [3.63, 3.8) is 0 Å². The number of hydrogen-bond acceptors (Lipinski definition) is 3. The number of benzene rings is 2. The van der Waals surface area contributed by atoms with Gasteiger partial charge in [0.1, 0.15) is 6.29 Å². The number of carbonyl (C=O) groups excluding carboxylic acids is 1. The van der Waals surface area contributed by atoms with Gasteiger partial charge in [0.2, 0.25) is 6.54 Å². The molecule has 0 N–H and O–H groups in total. The number of nitro groups is 1. The predicted molar refractivity (Wildman–Crippen MR) is 69.2 cm³/mol. The van der Waals surface area contributed by atoms with Crippen molar-refractivity contribution in [3.05, 3.63) is 58.1 Å². The van der Waals surface area contributed by atoms with Crippen molar-refractivity contribution < 1.29 is 9.72 Å². The van der Waals surface area contributed by atoms with Crippen molar-refractivity contribution in [2.24, 2.45) is 0 Å². The standard InChI is InChI=1S/C14H13NO3/c16-8-7-14(10-15(17)18)13-6-5-11-3-1-2-4-12(11)9-13/h1-6,8-9,14H,7,10H2/t14-/m1/s1. The monoisotopic (exact) mass is 243 g/mol. The van der Waals surface area contributed by atoms with Gasteiger partial charge < -0.3 is 4.79 Å². The molecule has 2 aromatic rings. The predicted octanol–water partition coefficient (Wildman–Crippen LogP) is 2.79. The number of aldehydes is 1. The van der Waals surface area contributed by atoms with E-state index in [0.717, 1.165) is 22.6 Å². The molecule has 0 unspecified atom stereocenters. The lowest BCUT2D eigenvalue weighted by Gasteiger charge is -2.11. The van der Waals surface area contributed by atoms with Gasteiger partial charge in [0, 0.05) is 11.3 Å². The van der Waals surface area contributed by atoms with Crippen LogP contribution in [0, 0.1) is 10.1 Å². The fourth-order valence-electron chi connectivity index (χ4n) is 2.07. The molecule has 18 heavy (non-hydrogen) atoms. The molecule has 4 nitrogen and oxygen atoms in total. The van der Waals surface area contributed by atoms with Gasteiger partial charge in [-0.3, -0.25) is 10.1 Å². The number of rotatable bonds is 5. The van der Waals surface area contributed by atoms with Gasteiger partial charge in [0.15, 0.2) is 0 Å². The van der Waals surface area contributed by atoms with E-state index in [1.165, 1.54) is 0 Å². The fourth-order valence-corrected chi connectivity index (χ4v) is 2.07. The first-order valence-electron chi connectivity index (χ1n) is 5.75. The van der Waals surface area contributed by atoms with Crippen molar-refractivity contribution in [3.8, 4) is 0 Å².